The van der Waals surface area contributed by atoms with Gasteiger partial charge in [0.1, 0.15) is 5.82 Å². The number of carbonyl (C=O) groups is 1. The molecule has 0 unspecified atom stereocenters. The molecular formula is C17H19FN4O. The van der Waals surface area contributed by atoms with Gasteiger partial charge in [-0.05, 0) is 30.5 Å². The number of nitrogens with one attached hydrogen (secondary N) is 2. The van der Waals surface area contributed by atoms with Gasteiger partial charge in [0.25, 0.3) is 5.91 Å². The average molecular weight is 314 g/mol. The molecule has 1 fully saturated rings. The molecule has 1 aromatic carbocycles. The molecule has 0 spiro atoms. The molecule has 120 valence electrons. The lowest BCUT2D eigenvalue weighted by atomic mass is 10.2. The summed E-state index contributed by atoms with van der Waals surface area (Å²) in [6.07, 6.45) is 7.80. The van der Waals surface area contributed by atoms with Gasteiger partial charge in [0.2, 0.25) is 5.95 Å². The van der Waals surface area contributed by atoms with Gasteiger partial charge in [-0.15, -0.1) is 0 Å². The third kappa shape index (κ3) is 4.25. The Balaban J connectivity index is 1.53. The Morgan fingerprint density at radius 3 is 2.43 bits per heavy atom. The average Bonchev–Trinajstić information content (AvgIpc) is 3.08. The predicted octanol–water partition coefficient (Wildman–Crippen LogP) is 2.90. The first-order valence-corrected chi connectivity index (χ1v) is 7.82. The van der Waals surface area contributed by atoms with E-state index >= 15 is 0 Å². The molecule has 3 rings (SSSR count). The number of aromatic nitrogens is 2. The second kappa shape index (κ2) is 7.17. The maximum atomic E-state index is 12.8. The van der Waals surface area contributed by atoms with Crippen molar-refractivity contribution in [2.75, 3.05) is 5.32 Å². The fraction of sp³-hybridized carbons (Fsp3) is 0.353. The normalized spacial score (nSPS) is 14.7. The zero-order valence-electron chi connectivity index (χ0n) is 12.8. The fourth-order valence-electron chi connectivity index (χ4n) is 2.66. The summed E-state index contributed by atoms with van der Waals surface area (Å²) in [7, 11) is 0. The van der Waals surface area contributed by atoms with Crippen LogP contribution in [0.3, 0.4) is 0 Å². The van der Waals surface area contributed by atoms with Gasteiger partial charge >= 0.3 is 0 Å². The van der Waals surface area contributed by atoms with Crippen molar-refractivity contribution in [1.29, 1.82) is 0 Å². The third-order valence-corrected chi connectivity index (χ3v) is 3.97. The Hall–Kier alpha value is -2.50. The Morgan fingerprint density at radius 1 is 1.13 bits per heavy atom. The minimum Gasteiger partial charge on any atom is -0.351 e. The molecule has 2 aromatic rings. The Kier molecular flexibility index (Phi) is 4.80. The van der Waals surface area contributed by atoms with E-state index in [2.05, 4.69) is 20.6 Å². The number of carbonyl (C=O) groups excluding carboxylic acids is 1. The number of hydrogen-bond acceptors (Lipinski definition) is 4. The molecule has 1 aliphatic rings. The van der Waals surface area contributed by atoms with Crippen LogP contribution in [0, 0.1) is 5.82 Å². The van der Waals surface area contributed by atoms with Crippen molar-refractivity contribution in [1.82, 2.24) is 15.3 Å². The quantitative estimate of drug-likeness (QED) is 0.890. The Bertz CT molecular complexity index is 651. The summed E-state index contributed by atoms with van der Waals surface area (Å²) in [5, 5.41) is 6.05. The molecule has 0 aliphatic heterocycles. The van der Waals surface area contributed by atoms with Crippen molar-refractivity contribution < 1.29 is 9.18 Å². The summed E-state index contributed by atoms with van der Waals surface area (Å²) >= 11 is 0. The zero-order chi connectivity index (χ0) is 16.1. The second-order valence-electron chi connectivity index (χ2n) is 5.73. The van der Waals surface area contributed by atoms with Crippen molar-refractivity contribution in [3.8, 4) is 0 Å². The van der Waals surface area contributed by atoms with Crippen molar-refractivity contribution in [2.45, 2.75) is 38.3 Å². The molecule has 0 atom stereocenters. The SMILES string of the molecule is O=C(NCc1ccc(F)cc1)c1cnc(NC2CCCC2)nc1. The van der Waals surface area contributed by atoms with Gasteiger partial charge in [0, 0.05) is 25.0 Å². The van der Waals surface area contributed by atoms with Gasteiger partial charge in [-0.25, -0.2) is 14.4 Å². The smallest absolute Gasteiger partial charge is 0.254 e. The predicted molar refractivity (Wildman–Crippen MR) is 85.5 cm³/mol. The number of benzene rings is 1. The molecule has 0 saturated heterocycles. The van der Waals surface area contributed by atoms with Gasteiger partial charge < -0.3 is 10.6 Å². The molecule has 1 amide bonds. The van der Waals surface area contributed by atoms with Crippen LogP contribution < -0.4 is 10.6 Å². The van der Waals surface area contributed by atoms with E-state index in [9.17, 15) is 9.18 Å². The number of anilines is 1. The Labute approximate surface area is 134 Å². The monoisotopic (exact) mass is 314 g/mol. The number of nitrogens with zero attached hydrogens (tertiary/aromatic N) is 2. The molecule has 1 heterocycles. The highest BCUT2D eigenvalue weighted by molar-refractivity contribution is 5.93. The third-order valence-electron chi connectivity index (χ3n) is 3.97. The fourth-order valence-corrected chi connectivity index (χ4v) is 2.66. The highest BCUT2D eigenvalue weighted by Gasteiger charge is 2.15. The first kappa shape index (κ1) is 15.4. The van der Waals surface area contributed by atoms with Crippen LogP contribution >= 0.6 is 0 Å². The van der Waals surface area contributed by atoms with Gasteiger partial charge in [-0.3, -0.25) is 4.79 Å². The van der Waals surface area contributed by atoms with E-state index < -0.39 is 0 Å². The van der Waals surface area contributed by atoms with Crippen LogP contribution in [0.4, 0.5) is 10.3 Å². The minimum atomic E-state index is -0.293. The highest BCUT2D eigenvalue weighted by Crippen LogP contribution is 2.20. The molecular weight excluding hydrogens is 295 g/mol. The van der Waals surface area contributed by atoms with E-state index in [4.69, 9.17) is 0 Å². The van der Waals surface area contributed by atoms with Crippen molar-refractivity contribution in [3.05, 3.63) is 53.6 Å². The molecule has 1 aromatic heterocycles. The van der Waals surface area contributed by atoms with Crippen molar-refractivity contribution >= 4 is 11.9 Å². The number of hydrogen-bond donors (Lipinski definition) is 2. The molecule has 6 heteroatoms. The molecule has 0 bridgehead atoms. The van der Waals surface area contributed by atoms with Gasteiger partial charge in [0.05, 0.1) is 5.56 Å². The molecule has 5 nitrogen and oxygen atoms in total. The lowest BCUT2D eigenvalue weighted by Gasteiger charge is -2.11. The van der Waals surface area contributed by atoms with Crippen LogP contribution in [0.1, 0.15) is 41.6 Å². The number of amides is 1. The Morgan fingerprint density at radius 2 is 1.78 bits per heavy atom. The van der Waals surface area contributed by atoms with E-state index in [1.54, 1.807) is 12.1 Å². The van der Waals surface area contributed by atoms with Crippen LogP contribution in [0.2, 0.25) is 0 Å². The van der Waals surface area contributed by atoms with E-state index in [-0.39, 0.29) is 11.7 Å². The molecule has 2 N–H and O–H groups in total. The zero-order valence-corrected chi connectivity index (χ0v) is 12.8. The number of rotatable bonds is 5. The summed E-state index contributed by atoms with van der Waals surface area (Å²) in [4.78, 5) is 20.4. The summed E-state index contributed by atoms with van der Waals surface area (Å²) in [5.41, 5.74) is 1.24. The summed E-state index contributed by atoms with van der Waals surface area (Å²) in [5.74, 6) is 0.0209. The van der Waals surface area contributed by atoms with E-state index in [0.717, 1.165) is 18.4 Å². The largest absolute Gasteiger partial charge is 0.351 e. The van der Waals surface area contributed by atoms with E-state index in [0.29, 0.717) is 24.1 Å². The first-order valence-electron chi connectivity index (χ1n) is 7.82. The second-order valence-corrected chi connectivity index (χ2v) is 5.73. The lowest BCUT2D eigenvalue weighted by molar-refractivity contribution is 0.0950. The molecule has 1 saturated carbocycles. The molecule has 1 aliphatic carbocycles. The van der Waals surface area contributed by atoms with E-state index in [1.165, 1.54) is 37.4 Å². The summed E-state index contributed by atoms with van der Waals surface area (Å²) in [6.45, 7) is 0.335. The maximum absolute atomic E-state index is 12.8. The highest BCUT2D eigenvalue weighted by atomic mass is 19.1. The van der Waals surface area contributed by atoms with Crippen LogP contribution in [0.15, 0.2) is 36.7 Å². The van der Waals surface area contributed by atoms with Crippen molar-refractivity contribution in [2.24, 2.45) is 0 Å². The van der Waals surface area contributed by atoms with Gasteiger partial charge in [-0.1, -0.05) is 25.0 Å². The topological polar surface area (TPSA) is 66.9 Å². The van der Waals surface area contributed by atoms with Crippen LogP contribution in [0.25, 0.3) is 0 Å². The van der Waals surface area contributed by atoms with E-state index in [1.807, 2.05) is 0 Å². The summed E-state index contributed by atoms with van der Waals surface area (Å²) < 4.78 is 12.8. The van der Waals surface area contributed by atoms with Crippen LogP contribution in [-0.4, -0.2) is 21.9 Å². The van der Waals surface area contributed by atoms with Gasteiger partial charge in [-0.2, -0.15) is 0 Å². The van der Waals surface area contributed by atoms with Crippen LogP contribution in [-0.2, 0) is 6.54 Å². The van der Waals surface area contributed by atoms with Crippen molar-refractivity contribution in [3.63, 3.8) is 0 Å². The minimum absolute atomic E-state index is 0.248. The summed E-state index contributed by atoms with van der Waals surface area (Å²) in [6, 6.07) is 6.46. The maximum Gasteiger partial charge on any atom is 0.254 e. The molecule has 0 radical (unpaired) electrons. The van der Waals surface area contributed by atoms with Crippen LogP contribution in [0.5, 0.6) is 0 Å². The lowest BCUT2D eigenvalue weighted by Crippen LogP contribution is -2.23. The first-order chi connectivity index (χ1) is 11.2. The molecule has 23 heavy (non-hydrogen) atoms. The standard InChI is InChI=1S/C17H19FN4O/c18-14-7-5-12(6-8-14)9-19-16(23)13-10-20-17(21-11-13)22-15-3-1-2-4-15/h5-8,10-11,15H,1-4,9H2,(H,19,23)(H,20,21,22). The van der Waals surface area contributed by atoms with Gasteiger partial charge in [0.15, 0.2) is 0 Å². The number of halogens is 1.